The molecule has 9 heteroatoms. The average molecular weight is 416 g/mol. The number of quaternary nitrogens is 2. The predicted molar refractivity (Wildman–Crippen MR) is 108 cm³/mol. The highest BCUT2D eigenvalue weighted by Gasteiger charge is 2.25. The monoisotopic (exact) mass is 415 g/mol. The summed E-state index contributed by atoms with van der Waals surface area (Å²) in [6.07, 6.45) is 0.822. The predicted octanol–water partition coefficient (Wildman–Crippen LogP) is -1.07. The number of ether oxygens (including phenoxy) is 2. The van der Waals surface area contributed by atoms with E-state index in [9.17, 15) is 4.79 Å². The Morgan fingerprint density at radius 1 is 1.07 bits per heavy atom. The highest BCUT2D eigenvalue weighted by atomic mass is 32.1. The quantitative estimate of drug-likeness (QED) is 0.555. The Balaban J connectivity index is 1.20. The van der Waals surface area contributed by atoms with E-state index in [4.69, 9.17) is 9.47 Å². The summed E-state index contributed by atoms with van der Waals surface area (Å²) < 4.78 is 12.3. The fraction of sp³-hybridized carbons (Fsp3) is 0.450. The zero-order valence-electron chi connectivity index (χ0n) is 16.4. The minimum atomic E-state index is -0.0765. The Kier molecular flexibility index (Phi) is 4.94. The number of rotatable bonds is 5. The first-order valence-corrected chi connectivity index (χ1v) is 10.9. The lowest BCUT2D eigenvalue weighted by atomic mass is 10.1. The van der Waals surface area contributed by atoms with Crippen LogP contribution in [-0.4, -0.2) is 47.6 Å². The van der Waals surface area contributed by atoms with Crippen LogP contribution in [0.5, 0.6) is 11.5 Å². The van der Waals surface area contributed by atoms with Gasteiger partial charge in [0.05, 0.1) is 0 Å². The molecule has 1 aromatic carbocycles. The van der Waals surface area contributed by atoms with Gasteiger partial charge in [-0.2, -0.15) is 9.61 Å². The van der Waals surface area contributed by atoms with E-state index in [0.717, 1.165) is 67.9 Å². The van der Waals surface area contributed by atoms with Gasteiger partial charge in [-0.15, -0.1) is 0 Å². The fourth-order valence-corrected chi connectivity index (χ4v) is 4.89. The molecule has 0 spiro atoms. The molecule has 0 bridgehead atoms. The Hall–Kier alpha value is -2.49. The fourth-order valence-electron chi connectivity index (χ4n) is 4.04. The van der Waals surface area contributed by atoms with Gasteiger partial charge in [0.15, 0.2) is 11.5 Å². The molecule has 2 N–H and O–H groups in total. The molecule has 0 radical (unpaired) electrons. The normalized spacial score (nSPS) is 21.0. The molecule has 5 rings (SSSR count). The van der Waals surface area contributed by atoms with E-state index < -0.39 is 0 Å². The van der Waals surface area contributed by atoms with Crippen LogP contribution in [0.15, 0.2) is 29.1 Å². The lowest BCUT2D eigenvalue weighted by Gasteiger charge is -2.29. The van der Waals surface area contributed by atoms with Crippen molar-refractivity contribution in [3.8, 4) is 11.5 Å². The summed E-state index contributed by atoms with van der Waals surface area (Å²) in [5.74, 6) is 1.69. The van der Waals surface area contributed by atoms with Crippen molar-refractivity contribution in [2.45, 2.75) is 26.4 Å². The number of aromatic nitrogens is 3. The summed E-state index contributed by atoms with van der Waals surface area (Å²) >= 11 is 1.51. The van der Waals surface area contributed by atoms with E-state index in [1.54, 1.807) is 11.0 Å². The molecule has 0 unspecified atom stereocenters. The summed E-state index contributed by atoms with van der Waals surface area (Å²) in [5.41, 5.74) is 2.08. The summed E-state index contributed by atoms with van der Waals surface area (Å²) in [7, 11) is 0. The van der Waals surface area contributed by atoms with E-state index in [-0.39, 0.29) is 5.56 Å². The van der Waals surface area contributed by atoms with Gasteiger partial charge in [-0.3, -0.25) is 4.79 Å². The molecule has 8 nitrogen and oxygen atoms in total. The first-order chi connectivity index (χ1) is 14.2. The highest BCUT2D eigenvalue weighted by molar-refractivity contribution is 7.16. The minimum Gasteiger partial charge on any atom is -0.454 e. The molecule has 2 aromatic heterocycles. The molecule has 4 heterocycles. The maximum atomic E-state index is 12.3. The van der Waals surface area contributed by atoms with Gasteiger partial charge in [-0.05, 0) is 24.6 Å². The SMILES string of the molecule is CCc1nn2c(=O)cc(C[NH+]3CC[NH+](Cc4ccc5c(c4)OCO5)CC3)nc2s1. The number of piperazine rings is 1. The van der Waals surface area contributed by atoms with Crippen LogP contribution < -0.4 is 24.8 Å². The maximum absolute atomic E-state index is 12.3. The summed E-state index contributed by atoms with van der Waals surface area (Å²) in [6.45, 7) is 8.50. The van der Waals surface area contributed by atoms with Gasteiger partial charge in [0.25, 0.3) is 5.56 Å². The van der Waals surface area contributed by atoms with E-state index in [0.29, 0.717) is 11.8 Å². The Morgan fingerprint density at radius 3 is 2.62 bits per heavy atom. The summed E-state index contributed by atoms with van der Waals surface area (Å²) in [6, 6.07) is 7.88. The largest absolute Gasteiger partial charge is 0.454 e. The van der Waals surface area contributed by atoms with Crippen molar-refractivity contribution in [3.05, 3.63) is 50.9 Å². The first-order valence-electron chi connectivity index (χ1n) is 10.1. The molecule has 3 aromatic rings. The molecule has 2 aliphatic heterocycles. The second-order valence-electron chi connectivity index (χ2n) is 7.67. The zero-order valence-corrected chi connectivity index (χ0v) is 17.3. The minimum absolute atomic E-state index is 0.0765. The van der Waals surface area contributed by atoms with E-state index in [2.05, 4.69) is 22.2 Å². The standard InChI is InChI=1S/C20H23N5O3S/c1-2-18-22-25-19(26)10-15(21-20(25)29-18)12-24-7-5-23(6-8-24)11-14-3-4-16-17(9-14)28-13-27-16/h3-4,9-10H,2,5-8,11-13H2,1H3/p+2. The van der Waals surface area contributed by atoms with Gasteiger partial charge in [-0.25, -0.2) is 4.98 Å². The van der Waals surface area contributed by atoms with Crippen LogP contribution in [0.3, 0.4) is 0 Å². The number of hydrogen-bond acceptors (Lipinski definition) is 6. The van der Waals surface area contributed by atoms with Gasteiger partial charge < -0.3 is 19.3 Å². The molecule has 2 aliphatic rings. The Labute approximate surface area is 172 Å². The molecule has 0 aliphatic carbocycles. The number of aryl methyl sites for hydroxylation is 1. The number of nitrogens with one attached hydrogen (secondary N) is 2. The van der Waals surface area contributed by atoms with Crippen LogP contribution in [-0.2, 0) is 19.5 Å². The van der Waals surface area contributed by atoms with Crippen molar-refractivity contribution in [1.82, 2.24) is 14.6 Å². The summed E-state index contributed by atoms with van der Waals surface area (Å²) in [5, 5.41) is 5.27. The van der Waals surface area contributed by atoms with E-state index >= 15 is 0 Å². The van der Waals surface area contributed by atoms with Crippen molar-refractivity contribution in [2.24, 2.45) is 0 Å². The van der Waals surface area contributed by atoms with Crippen LogP contribution in [0.4, 0.5) is 0 Å². The van der Waals surface area contributed by atoms with Crippen molar-refractivity contribution in [1.29, 1.82) is 0 Å². The van der Waals surface area contributed by atoms with Gasteiger partial charge in [0.2, 0.25) is 11.8 Å². The number of hydrogen-bond donors (Lipinski definition) is 2. The van der Waals surface area contributed by atoms with Gasteiger partial charge in [-0.1, -0.05) is 18.3 Å². The van der Waals surface area contributed by atoms with E-state index in [1.165, 1.54) is 26.3 Å². The lowest BCUT2D eigenvalue weighted by Crippen LogP contribution is -3.27. The number of nitrogens with zero attached hydrogens (tertiary/aromatic N) is 3. The van der Waals surface area contributed by atoms with Crippen molar-refractivity contribution in [2.75, 3.05) is 33.0 Å². The molecule has 152 valence electrons. The van der Waals surface area contributed by atoms with Gasteiger partial charge in [0, 0.05) is 11.6 Å². The number of fused-ring (bicyclic) bond motifs is 2. The molecule has 0 saturated carbocycles. The van der Waals surface area contributed by atoms with Crippen molar-refractivity contribution >= 4 is 16.3 Å². The lowest BCUT2D eigenvalue weighted by molar-refractivity contribution is -1.02. The topological polar surface area (TPSA) is 74.6 Å². The molecule has 1 fully saturated rings. The van der Waals surface area contributed by atoms with Crippen LogP contribution in [0.1, 0.15) is 23.2 Å². The maximum Gasteiger partial charge on any atom is 0.275 e. The number of benzene rings is 1. The second kappa shape index (κ2) is 7.74. The first kappa shape index (κ1) is 18.5. The molecule has 29 heavy (non-hydrogen) atoms. The molecule has 0 amide bonds. The van der Waals surface area contributed by atoms with Crippen molar-refractivity contribution < 1.29 is 19.3 Å². The van der Waals surface area contributed by atoms with Crippen LogP contribution in [0, 0.1) is 0 Å². The highest BCUT2D eigenvalue weighted by Crippen LogP contribution is 2.32. The van der Waals surface area contributed by atoms with Crippen LogP contribution in [0.25, 0.3) is 4.96 Å². The summed E-state index contributed by atoms with van der Waals surface area (Å²) in [4.78, 5) is 20.8. The molecular formula is C20H25N5O3S+2. The van der Waals surface area contributed by atoms with Crippen molar-refractivity contribution in [3.63, 3.8) is 0 Å². The van der Waals surface area contributed by atoms with Crippen LogP contribution >= 0.6 is 11.3 Å². The van der Waals surface area contributed by atoms with Gasteiger partial charge >= 0.3 is 0 Å². The second-order valence-corrected chi connectivity index (χ2v) is 8.71. The Morgan fingerprint density at radius 2 is 1.83 bits per heavy atom. The van der Waals surface area contributed by atoms with E-state index in [1.807, 2.05) is 13.0 Å². The smallest absolute Gasteiger partial charge is 0.275 e. The average Bonchev–Trinajstić information content (AvgIpc) is 3.36. The molecule has 1 saturated heterocycles. The third-order valence-corrected chi connectivity index (χ3v) is 6.68. The van der Waals surface area contributed by atoms with Gasteiger partial charge in [0.1, 0.15) is 50.0 Å². The third-order valence-electron chi connectivity index (χ3n) is 5.63. The third kappa shape index (κ3) is 3.85. The molecular weight excluding hydrogens is 390 g/mol. The van der Waals surface area contributed by atoms with Crippen LogP contribution in [0.2, 0.25) is 0 Å². The Bertz CT molecular complexity index is 1090. The zero-order chi connectivity index (χ0) is 19.8. The molecule has 0 atom stereocenters.